The number of hydrogen-bond acceptors (Lipinski definition) is 6. The van der Waals surface area contributed by atoms with Crippen LogP contribution in [-0.4, -0.2) is 41.7 Å². The van der Waals surface area contributed by atoms with E-state index in [-0.39, 0.29) is 29.8 Å². The number of fused-ring (bicyclic) bond motifs is 1. The Morgan fingerprint density at radius 1 is 1.08 bits per heavy atom. The number of carbonyl (C=O) groups is 1. The molecular formula is C27H27ClN4O3S2. The number of amides is 1. The molecule has 4 aromatic rings. The highest BCUT2D eigenvalue weighted by molar-refractivity contribution is 7.89. The number of nitrogens with zero attached hydrogens (tertiary/aromatic N) is 4. The summed E-state index contributed by atoms with van der Waals surface area (Å²) in [4.78, 5) is 25.0. The summed E-state index contributed by atoms with van der Waals surface area (Å²) in [6, 6.07) is 16.0. The minimum atomic E-state index is -3.64. The molecule has 0 unspecified atom stereocenters. The maximum Gasteiger partial charge on any atom is 0.243 e. The van der Waals surface area contributed by atoms with Crippen molar-refractivity contribution in [2.45, 2.75) is 38.1 Å². The first-order valence-electron chi connectivity index (χ1n) is 12.1. The Labute approximate surface area is 225 Å². The number of hydrogen-bond donors (Lipinski definition) is 0. The van der Waals surface area contributed by atoms with Crippen molar-refractivity contribution in [3.05, 3.63) is 82.6 Å². The van der Waals surface area contributed by atoms with Crippen LogP contribution in [0.15, 0.2) is 65.7 Å². The fourth-order valence-corrected chi connectivity index (χ4v) is 7.14. The van der Waals surface area contributed by atoms with Crippen LogP contribution >= 0.6 is 22.9 Å². The first-order valence-corrected chi connectivity index (χ1v) is 14.7. The van der Waals surface area contributed by atoms with E-state index in [9.17, 15) is 13.2 Å². The van der Waals surface area contributed by atoms with Gasteiger partial charge >= 0.3 is 0 Å². The molecule has 1 saturated heterocycles. The number of rotatable bonds is 6. The van der Waals surface area contributed by atoms with Crippen molar-refractivity contribution < 1.29 is 13.2 Å². The summed E-state index contributed by atoms with van der Waals surface area (Å²) in [7, 11) is -3.64. The number of halogens is 1. The van der Waals surface area contributed by atoms with E-state index in [1.165, 1.54) is 33.3 Å². The smallest absolute Gasteiger partial charge is 0.243 e. The van der Waals surface area contributed by atoms with Crippen LogP contribution in [0.5, 0.6) is 0 Å². The number of thiazole rings is 1. The standard InChI is InChI=1S/C27H27ClN4O3S2/c1-18-15-24-25(16-19(18)2)36-27(30-24)32(17-22-5-3-4-12-29-22)26(33)20-10-13-31(14-11-20)37(34,35)23-8-6-21(28)7-9-23/h3-9,12,15-16,20H,10-11,13-14,17H2,1-2H3. The third kappa shape index (κ3) is 5.40. The molecule has 5 rings (SSSR count). The predicted molar refractivity (Wildman–Crippen MR) is 147 cm³/mol. The van der Waals surface area contributed by atoms with Gasteiger partial charge in [-0.1, -0.05) is 29.0 Å². The first-order chi connectivity index (χ1) is 17.7. The molecule has 10 heteroatoms. The second-order valence-electron chi connectivity index (χ2n) is 9.28. The molecule has 1 aliphatic rings. The summed E-state index contributed by atoms with van der Waals surface area (Å²) in [5.41, 5.74) is 3.97. The van der Waals surface area contributed by atoms with Gasteiger partial charge in [-0.25, -0.2) is 13.4 Å². The van der Waals surface area contributed by atoms with Gasteiger partial charge in [-0.15, -0.1) is 0 Å². The lowest BCUT2D eigenvalue weighted by atomic mass is 9.96. The van der Waals surface area contributed by atoms with Crippen LogP contribution in [0.2, 0.25) is 5.02 Å². The Morgan fingerprint density at radius 3 is 2.46 bits per heavy atom. The van der Waals surface area contributed by atoms with Gasteiger partial charge in [0, 0.05) is 30.2 Å². The second-order valence-corrected chi connectivity index (χ2v) is 12.7. The van der Waals surface area contributed by atoms with Crippen molar-refractivity contribution >= 4 is 54.2 Å². The molecule has 2 aromatic carbocycles. The average molecular weight is 555 g/mol. The number of anilines is 1. The number of benzene rings is 2. The zero-order chi connectivity index (χ0) is 26.2. The van der Waals surface area contributed by atoms with Crippen LogP contribution in [0, 0.1) is 19.8 Å². The number of piperidine rings is 1. The van der Waals surface area contributed by atoms with Crippen LogP contribution in [0.3, 0.4) is 0 Å². The van der Waals surface area contributed by atoms with E-state index in [0.29, 0.717) is 29.5 Å². The molecule has 1 fully saturated rings. The van der Waals surface area contributed by atoms with Crippen molar-refractivity contribution in [1.82, 2.24) is 14.3 Å². The van der Waals surface area contributed by atoms with Gasteiger partial charge in [0.15, 0.2) is 5.13 Å². The van der Waals surface area contributed by atoms with Gasteiger partial charge < -0.3 is 0 Å². The number of carbonyl (C=O) groups excluding carboxylic acids is 1. The Morgan fingerprint density at radius 2 is 1.78 bits per heavy atom. The molecule has 0 N–H and O–H groups in total. The molecule has 0 bridgehead atoms. The number of sulfonamides is 1. The maximum atomic E-state index is 13.9. The monoisotopic (exact) mass is 554 g/mol. The lowest BCUT2D eigenvalue weighted by Crippen LogP contribution is -2.44. The molecule has 0 aliphatic carbocycles. The van der Waals surface area contributed by atoms with Crippen LogP contribution < -0.4 is 4.90 Å². The van der Waals surface area contributed by atoms with E-state index in [1.54, 1.807) is 23.2 Å². The van der Waals surface area contributed by atoms with Gasteiger partial charge in [0.1, 0.15) is 0 Å². The summed E-state index contributed by atoms with van der Waals surface area (Å²) >= 11 is 7.41. The zero-order valence-electron chi connectivity index (χ0n) is 20.6. The van der Waals surface area contributed by atoms with Crippen LogP contribution in [0.25, 0.3) is 10.2 Å². The van der Waals surface area contributed by atoms with E-state index in [1.807, 2.05) is 24.3 Å². The summed E-state index contributed by atoms with van der Waals surface area (Å²) < 4.78 is 28.7. The lowest BCUT2D eigenvalue weighted by Gasteiger charge is -2.33. The molecule has 0 atom stereocenters. The minimum Gasteiger partial charge on any atom is -0.282 e. The van der Waals surface area contributed by atoms with Crippen molar-refractivity contribution in [2.24, 2.45) is 5.92 Å². The van der Waals surface area contributed by atoms with Gasteiger partial charge in [-0.2, -0.15) is 4.31 Å². The van der Waals surface area contributed by atoms with Crippen molar-refractivity contribution in [3.63, 3.8) is 0 Å². The van der Waals surface area contributed by atoms with Crippen LogP contribution in [-0.2, 0) is 21.4 Å². The van der Waals surface area contributed by atoms with E-state index < -0.39 is 10.0 Å². The molecule has 7 nitrogen and oxygen atoms in total. The number of aryl methyl sites for hydroxylation is 2. The van der Waals surface area contributed by atoms with Crippen molar-refractivity contribution in [1.29, 1.82) is 0 Å². The summed E-state index contributed by atoms with van der Waals surface area (Å²) in [6.07, 6.45) is 2.59. The average Bonchev–Trinajstić information content (AvgIpc) is 3.30. The molecule has 192 valence electrons. The van der Waals surface area contributed by atoms with Gasteiger partial charge in [-0.05, 0) is 86.3 Å². The maximum absolute atomic E-state index is 13.9. The molecule has 37 heavy (non-hydrogen) atoms. The van der Waals surface area contributed by atoms with Gasteiger partial charge in [0.2, 0.25) is 15.9 Å². The highest BCUT2D eigenvalue weighted by Crippen LogP contribution is 2.34. The molecule has 1 amide bonds. The summed E-state index contributed by atoms with van der Waals surface area (Å²) in [5, 5.41) is 1.11. The lowest BCUT2D eigenvalue weighted by molar-refractivity contribution is -0.123. The second kappa shape index (κ2) is 10.5. The normalized spacial score (nSPS) is 15.2. The van der Waals surface area contributed by atoms with Crippen molar-refractivity contribution in [2.75, 3.05) is 18.0 Å². The SMILES string of the molecule is Cc1cc2nc(N(Cc3ccccn3)C(=O)C3CCN(S(=O)(=O)c4ccc(Cl)cc4)CC3)sc2cc1C. The zero-order valence-corrected chi connectivity index (χ0v) is 23.0. The quantitative estimate of drug-likeness (QED) is 0.310. The molecule has 0 radical (unpaired) electrons. The molecule has 3 heterocycles. The fraction of sp³-hybridized carbons (Fsp3) is 0.296. The number of pyridine rings is 1. The highest BCUT2D eigenvalue weighted by Gasteiger charge is 2.35. The Hall–Kier alpha value is -2.85. The van der Waals surface area contributed by atoms with E-state index in [2.05, 4.69) is 24.9 Å². The van der Waals surface area contributed by atoms with Gasteiger partial charge in [-0.3, -0.25) is 14.7 Å². The van der Waals surface area contributed by atoms with Gasteiger partial charge in [0.25, 0.3) is 0 Å². The number of aromatic nitrogens is 2. The highest BCUT2D eigenvalue weighted by atomic mass is 35.5. The van der Waals surface area contributed by atoms with Gasteiger partial charge in [0.05, 0.1) is 27.4 Å². The molecule has 0 spiro atoms. The van der Waals surface area contributed by atoms with Crippen molar-refractivity contribution in [3.8, 4) is 0 Å². The Balaban J connectivity index is 1.38. The summed E-state index contributed by atoms with van der Waals surface area (Å²) in [5.74, 6) is -0.363. The Kier molecular flexibility index (Phi) is 7.31. The third-order valence-corrected chi connectivity index (χ3v) is 10.00. The first kappa shape index (κ1) is 25.8. The molecular weight excluding hydrogens is 528 g/mol. The van der Waals surface area contributed by atoms with E-state index in [4.69, 9.17) is 16.6 Å². The minimum absolute atomic E-state index is 0.0540. The van der Waals surface area contributed by atoms with Crippen LogP contribution in [0.4, 0.5) is 5.13 Å². The third-order valence-electron chi connectivity index (χ3n) is 6.79. The topological polar surface area (TPSA) is 83.5 Å². The summed E-state index contributed by atoms with van der Waals surface area (Å²) in [6.45, 7) is 4.97. The largest absolute Gasteiger partial charge is 0.282 e. The van der Waals surface area contributed by atoms with E-state index in [0.717, 1.165) is 21.5 Å². The molecule has 2 aromatic heterocycles. The predicted octanol–water partition coefficient (Wildman–Crippen LogP) is 5.60. The fourth-order valence-electron chi connectivity index (χ4n) is 4.50. The molecule has 0 saturated carbocycles. The molecule has 1 aliphatic heterocycles. The van der Waals surface area contributed by atoms with E-state index >= 15 is 0 Å². The Bertz CT molecular complexity index is 1490. The van der Waals surface area contributed by atoms with Crippen LogP contribution in [0.1, 0.15) is 29.7 Å².